The first-order chi connectivity index (χ1) is 8.45. The molecule has 1 aliphatic carbocycles. The zero-order chi connectivity index (χ0) is 12.1. The lowest BCUT2D eigenvalue weighted by Crippen LogP contribution is -1.94. The van der Waals surface area contributed by atoms with E-state index in [1.165, 1.54) is 36.6 Å². The first kappa shape index (κ1) is 11.9. The van der Waals surface area contributed by atoms with E-state index in [1.807, 2.05) is 0 Å². The largest absolute Gasteiger partial charge is 0.333 e. The molecule has 1 atom stereocenters. The monoisotopic (exact) mass is 225 g/mol. The molecule has 2 aromatic rings. The summed E-state index contributed by atoms with van der Waals surface area (Å²) in [5.74, 6) is 0.627. The Morgan fingerprint density at radius 2 is 1.53 bits per heavy atom. The van der Waals surface area contributed by atoms with Gasteiger partial charge in [0, 0.05) is 5.92 Å². The number of nitrogens with two attached hydrogens (primary N) is 1. The number of hydrogen-bond donors (Lipinski definition) is 1. The lowest BCUT2D eigenvalue weighted by Gasteiger charge is -2.11. The Hall–Kier alpha value is -1.60. The van der Waals surface area contributed by atoms with Gasteiger partial charge in [0.15, 0.2) is 0 Å². The van der Waals surface area contributed by atoms with Crippen LogP contribution in [-0.2, 0) is 6.42 Å². The molecule has 0 radical (unpaired) electrons. The maximum Gasteiger partial charge on any atom is 0.00952 e. The fourth-order valence-electron chi connectivity index (χ4n) is 2.59. The van der Waals surface area contributed by atoms with Crippen LogP contribution in [0.3, 0.4) is 0 Å². The van der Waals surface area contributed by atoms with Crippen molar-refractivity contribution in [2.24, 2.45) is 5.73 Å². The summed E-state index contributed by atoms with van der Waals surface area (Å²) < 4.78 is 0. The highest BCUT2D eigenvalue weighted by molar-refractivity contribution is 5.41. The topological polar surface area (TPSA) is 26.0 Å². The number of benzene rings is 2. The van der Waals surface area contributed by atoms with E-state index in [1.54, 1.807) is 0 Å². The fourth-order valence-corrected chi connectivity index (χ4v) is 2.59. The molecule has 0 saturated heterocycles. The summed E-state index contributed by atoms with van der Waals surface area (Å²) in [4.78, 5) is 0. The van der Waals surface area contributed by atoms with Crippen LogP contribution in [0.2, 0.25) is 0 Å². The number of fused-ring (bicyclic) bond motifs is 1. The SMILES string of the molecule is CN.c1ccc(C2CCc3ccccc32)cc1. The average molecular weight is 225 g/mol. The standard InChI is InChI=1S/C15H14.CH5N/c1-2-6-12(7-3-1)15-11-10-13-8-4-5-9-14(13)15;1-2/h1-9,15H,10-11H2;2H2,1H3. The van der Waals surface area contributed by atoms with Gasteiger partial charge in [-0.2, -0.15) is 0 Å². The molecule has 0 aliphatic heterocycles. The van der Waals surface area contributed by atoms with E-state index in [9.17, 15) is 0 Å². The van der Waals surface area contributed by atoms with E-state index in [0.717, 1.165) is 0 Å². The molecule has 1 unspecified atom stereocenters. The van der Waals surface area contributed by atoms with Gasteiger partial charge in [0.1, 0.15) is 0 Å². The van der Waals surface area contributed by atoms with Crippen LogP contribution in [0.5, 0.6) is 0 Å². The highest BCUT2D eigenvalue weighted by Gasteiger charge is 2.22. The van der Waals surface area contributed by atoms with E-state index < -0.39 is 0 Å². The Balaban J connectivity index is 0.000000514. The van der Waals surface area contributed by atoms with Gasteiger partial charge in [-0.05, 0) is 36.6 Å². The van der Waals surface area contributed by atoms with Crippen LogP contribution in [0.15, 0.2) is 54.6 Å². The third-order valence-electron chi connectivity index (χ3n) is 3.33. The fraction of sp³-hybridized carbons (Fsp3) is 0.250. The van der Waals surface area contributed by atoms with Crippen LogP contribution < -0.4 is 5.73 Å². The Morgan fingerprint density at radius 1 is 0.882 bits per heavy atom. The normalized spacial score (nSPS) is 16.9. The van der Waals surface area contributed by atoms with Crippen molar-refractivity contribution in [3.8, 4) is 0 Å². The Bertz CT molecular complexity index is 462. The van der Waals surface area contributed by atoms with Crippen LogP contribution in [-0.4, -0.2) is 7.05 Å². The summed E-state index contributed by atoms with van der Waals surface area (Å²) in [7, 11) is 1.50. The second-order valence-electron chi connectivity index (χ2n) is 4.20. The molecule has 0 spiro atoms. The van der Waals surface area contributed by atoms with Crippen LogP contribution >= 0.6 is 0 Å². The van der Waals surface area contributed by atoms with E-state index in [-0.39, 0.29) is 0 Å². The second-order valence-corrected chi connectivity index (χ2v) is 4.20. The van der Waals surface area contributed by atoms with Gasteiger partial charge in [-0.15, -0.1) is 0 Å². The predicted octanol–water partition coefficient (Wildman–Crippen LogP) is 3.34. The van der Waals surface area contributed by atoms with Crippen molar-refractivity contribution < 1.29 is 0 Å². The molecule has 2 aromatic carbocycles. The molecular weight excluding hydrogens is 206 g/mol. The maximum atomic E-state index is 4.50. The van der Waals surface area contributed by atoms with E-state index in [4.69, 9.17) is 0 Å². The molecule has 0 amide bonds. The summed E-state index contributed by atoms with van der Waals surface area (Å²) >= 11 is 0. The molecule has 0 saturated carbocycles. The van der Waals surface area contributed by atoms with Crippen LogP contribution in [0.1, 0.15) is 29.0 Å². The zero-order valence-electron chi connectivity index (χ0n) is 10.3. The second kappa shape index (κ2) is 5.65. The highest BCUT2D eigenvalue weighted by Crippen LogP contribution is 2.37. The molecule has 1 nitrogen and oxygen atoms in total. The Kier molecular flexibility index (Phi) is 3.94. The van der Waals surface area contributed by atoms with Gasteiger partial charge >= 0.3 is 0 Å². The molecule has 88 valence electrons. The Labute approximate surface area is 103 Å². The van der Waals surface area contributed by atoms with Gasteiger partial charge in [0.25, 0.3) is 0 Å². The van der Waals surface area contributed by atoms with E-state index in [0.29, 0.717) is 5.92 Å². The lowest BCUT2D eigenvalue weighted by molar-refractivity contribution is 0.788. The van der Waals surface area contributed by atoms with Gasteiger partial charge in [0.05, 0.1) is 0 Å². The molecule has 0 heterocycles. The minimum atomic E-state index is 0.627. The average Bonchev–Trinajstić information content (AvgIpc) is 2.86. The van der Waals surface area contributed by atoms with E-state index >= 15 is 0 Å². The van der Waals surface area contributed by atoms with Crippen molar-refractivity contribution in [1.29, 1.82) is 0 Å². The van der Waals surface area contributed by atoms with Gasteiger partial charge in [0.2, 0.25) is 0 Å². The minimum absolute atomic E-state index is 0.627. The first-order valence-corrected chi connectivity index (χ1v) is 6.15. The Morgan fingerprint density at radius 3 is 2.29 bits per heavy atom. The quantitative estimate of drug-likeness (QED) is 0.791. The van der Waals surface area contributed by atoms with Gasteiger partial charge in [-0.25, -0.2) is 0 Å². The highest BCUT2D eigenvalue weighted by atomic mass is 14.4. The smallest absolute Gasteiger partial charge is 0.00952 e. The molecule has 0 fully saturated rings. The number of hydrogen-bond acceptors (Lipinski definition) is 1. The number of rotatable bonds is 1. The van der Waals surface area contributed by atoms with Crippen molar-refractivity contribution in [1.82, 2.24) is 0 Å². The summed E-state index contributed by atoms with van der Waals surface area (Å²) in [5, 5.41) is 0. The van der Waals surface area contributed by atoms with Gasteiger partial charge < -0.3 is 5.73 Å². The van der Waals surface area contributed by atoms with Gasteiger partial charge in [-0.1, -0.05) is 54.6 Å². The molecule has 2 N–H and O–H groups in total. The molecule has 0 bridgehead atoms. The first-order valence-electron chi connectivity index (χ1n) is 6.15. The minimum Gasteiger partial charge on any atom is -0.333 e. The van der Waals surface area contributed by atoms with Crippen molar-refractivity contribution in [3.63, 3.8) is 0 Å². The maximum absolute atomic E-state index is 4.50. The van der Waals surface area contributed by atoms with Gasteiger partial charge in [-0.3, -0.25) is 0 Å². The molecule has 1 heteroatoms. The van der Waals surface area contributed by atoms with Crippen LogP contribution in [0.25, 0.3) is 0 Å². The zero-order valence-corrected chi connectivity index (χ0v) is 10.3. The summed E-state index contributed by atoms with van der Waals surface area (Å²) in [6, 6.07) is 19.7. The van der Waals surface area contributed by atoms with Crippen molar-refractivity contribution >= 4 is 0 Å². The summed E-state index contributed by atoms with van der Waals surface area (Å²) in [6.07, 6.45) is 2.50. The summed E-state index contributed by atoms with van der Waals surface area (Å²) in [5.41, 5.74) is 9.03. The molecule has 1 aliphatic rings. The molecule has 3 rings (SSSR count). The van der Waals surface area contributed by atoms with Crippen LogP contribution in [0, 0.1) is 0 Å². The van der Waals surface area contributed by atoms with Crippen LogP contribution in [0.4, 0.5) is 0 Å². The van der Waals surface area contributed by atoms with Crippen molar-refractivity contribution in [3.05, 3.63) is 71.3 Å². The molecule has 0 aromatic heterocycles. The van der Waals surface area contributed by atoms with Crippen molar-refractivity contribution in [2.75, 3.05) is 7.05 Å². The third-order valence-corrected chi connectivity index (χ3v) is 3.33. The molecule has 17 heavy (non-hydrogen) atoms. The van der Waals surface area contributed by atoms with E-state index in [2.05, 4.69) is 60.3 Å². The number of aryl methyl sites for hydroxylation is 1. The lowest BCUT2D eigenvalue weighted by atomic mass is 9.93. The third kappa shape index (κ3) is 2.40. The van der Waals surface area contributed by atoms with Crippen molar-refractivity contribution in [2.45, 2.75) is 18.8 Å². The summed E-state index contributed by atoms with van der Waals surface area (Å²) in [6.45, 7) is 0. The molecular formula is C16H19N. The predicted molar refractivity (Wildman–Crippen MR) is 73.2 cm³/mol.